The first kappa shape index (κ1) is 18.2. The molecule has 1 N–H and O–H groups in total. The fraction of sp³-hybridized carbons (Fsp3) is 0.526. The molecule has 1 aromatic heterocycles. The number of nitrogens with zero attached hydrogens (tertiary/aromatic N) is 1. The van der Waals surface area contributed by atoms with Gasteiger partial charge in [-0.15, -0.1) is 0 Å². The van der Waals surface area contributed by atoms with E-state index in [2.05, 4.69) is 6.92 Å². The fourth-order valence-electron chi connectivity index (χ4n) is 2.97. The maximum absolute atomic E-state index is 12.6. The van der Waals surface area contributed by atoms with Crippen molar-refractivity contribution in [2.75, 3.05) is 14.2 Å². The van der Waals surface area contributed by atoms with Crippen LogP contribution in [0.2, 0.25) is 0 Å². The van der Waals surface area contributed by atoms with E-state index in [9.17, 15) is 9.90 Å². The molecule has 0 radical (unpaired) electrons. The van der Waals surface area contributed by atoms with Crippen LogP contribution < -0.4 is 15.0 Å². The van der Waals surface area contributed by atoms with Crippen LogP contribution in [0.1, 0.15) is 45.4 Å². The van der Waals surface area contributed by atoms with E-state index in [-0.39, 0.29) is 17.1 Å². The highest BCUT2D eigenvalue weighted by molar-refractivity contribution is 5.88. The smallest absolute Gasteiger partial charge is 0.297 e. The van der Waals surface area contributed by atoms with Gasteiger partial charge in [0.15, 0.2) is 5.75 Å². The molecule has 0 aliphatic carbocycles. The topological polar surface area (TPSA) is 60.7 Å². The number of benzene rings is 1. The third-order valence-electron chi connectivity index (χ3n) is 4.34. The summed E-state index contributed by atoms with van der Waals surface area (Å²) in [5, 5.41) is 10.9. The lowest BCUT2D eigenvalue weighted by molar-refractivity contribution is 0.366. The first-order valence-electron chi connectivity index (χ1n) is 8.61. The molecular weight excluding hydrogens is 306 g/mol. The van der Waals surface area contributed by atoms with Crippen LogP contribution in [0, 0.1) is 0 Å². The maximum Gasteiger partial charge on any atom is 0.297 e. The molecule has 0 spiro atoms. The summed E-state index contributed by atoms with van der Waals surface area (Å²) in [4.78, 5) is 12.6. The second-order valence-electron chi connectivity index (χ2n) is 5.99. The maximum atomic E-state index is 12.6. The molecule has 5 heteroatoms. The van der Waals surface area contributed by atoms with Crippen molar-refractivity contribution in [1.29, 1.82) is 0 Å². The molecule has 2 aromatic rings. The van der Waals surface area contributed by atoms with Gasteiger partial charge in [0.2, 0.25) is 5.75 Å². The number of fused-ring (bicyclic) bond motifs is 1. The number of unbranched alkanes of at least 4 members (excludes halogenated alkanes) is 5. The lowest BCUT2D eigenvalue weighted by Gasteiger charge is -2.15. The number of rotatable bonds is 9. The Kier molecular flexibility index (Phi) is 6.53. The van der Waals surface area contributed by atoms with Crippen molar-refractivity contribution in [2.45, 2.75) is 52.0 Å². The number of methoxy groups -OCH3 is 2. The third kappa shape index (κ3) is 3.83. The molecule has 0 saturated carbocycles. The average molecular weight is 333 g/mol. The van der Waals surface area contributed by atoms with Gasteiger partial charge in [0, 0.05) is 18.0 Å². The van der Waals surface area contributed by atoms with Crippen LogP contribution in [0.15, 0.2) is 23.0 Å². The summed E-state index contributed by atoms with van der Waals surface area (Å²) in [6, 6.07) is 5.30. The highest BCUT2D eigenvalue weighted by Crippen LogP contribution is 2.33. The largest absolute Gasteiger partial charge is 0.504 e. The number of ether oxygens (including phenoxy) is 2. The minimum atomic E-state index is -0.302. The van der Waals surface area contributed by atoms with Crippen molar-refractivity contribution in [2.24, 2.45) is 0 Å². The van der Waals surface area contributed by atoms with Crippen molar-refractivity contribution in [1.82, 2.24) is 4.57 Å². The van der Waals surface area contributed by atoms with E-state index >= 15 is 0 Å². The van der Waals surface area contributed by atoms with Gasteiger partial charge in [0.25, 0.3) is 5.56 Å². The number of aromatic nitrogens is 1. The van der Waals surface area contributed by atoms with Crippen molar-refractivity contribution in [3.63, 3.8) is 0 Å². The van der Waals surface area contributed by atoms with Crippen molar-refractivity contribution < 1.29 is 14.6 Å². The number of hydrogen-bond acceptors (Lipinski definition) is 4. The Morgan fingerprint density at radius 3 is 2.42 bits per heavy atom. The Balaban J connectivity index is 2.33. The molecule has 1 aromatic carbocycles. The molecule has 0 aliphatic rings. The molecule has 0 unspecified atom stereocenters. The van der Waals surface area contributed by atoms with Gasteiger partial charge in [0.05, 0.1) is 19.7 Å². The molecule has 0 aliphatic heterocycles. The minimum absolute atomic E-state index is 0.00125. The highest BCUT2D eigenvalue weighted by Gasteiger charge is 2.17. The molecule has 132 valence electrons. The zero-order chi connectivity index (χ0) is 17.5. The molecule has 5 nitrogen and oxygen atoms in total. The molecule has 1 heterocycles. The monoisotopic (exact) mass is 333 g/mol. The van der Waals surface area contributed by atoms with Gasteiger partial charge in [-0.1, -0.05) is 39.0 Å². The number of aromatic hydroxyl groups is 1. The second kappa shape index (κ2) is 8.62. The third-order valence-corrected chi connectivity index (χ3v) is 4.34. The van der Waals surface area contributed by atoms with Crippen molar-refractivity contribution in [3.05, 3.63) is 28.6 Å². The lowest BCUT2D eigenvalue weighted by Crippen LogP contribution is -2.22. The zero-order valence-corrected chi connectivity index (χ0v) is 14.8. The summed E-state index contributed by atoms with van der Waals surface area (Å²) in [5.74, 6) is 0.543. The first-order valence-corrected chi connectivity index (χ1v) is 8.61. The molecule has 0 saturated heterocycles. The molecule has 0 amide bonds. The lowest BCUT2D eigenvalue weighted by atomic mass is 10.1. The molecular formula is C19H27NO4. The normalized spacial score (nSPS) is 11.0. The molecule has 0 fully saturated rings. The number of pyridine rings is 1. The quantitative estimate of drug-likeness (QED) is 0.702. The van der Waals surface area contributed by atoms with Gasteiger partial charge in [-0.2, -0.15) is 0 Å². The summed E-state index contributed by atoms with van der Waals surface area (Å²) < 4.78 is 12.1. The van der Waals surface area contributed by atoms with Crippen molar-refractivity contribution >= 4 is 10.9 Å². The predicted octanol–water partition coefficient (Wildman–Crippen LogP) is 4.08. The molecule has 0 atom stereocenters. The highest BCUT2D eigenvalue weighted by atomic mass is 16.5. The summed E-state index contributed by atoms with van der Waals surface area (Å²) in [6.07, 6.45) is 6.90. The van der Waals surface area contributed by atoms with Crippen LogP contribution in [-0.2, 0) is 6.54 Å². The van der Waals surface area contributed by atoms with E-state index in [0.717, 1.165) is 12.8 Å². The molecule has 2 rings (SSSR count). The zero-order valence-electron chi connectivity index (χ0n) is 14.8. The molecule has 0 bridgehead atoms. The van der Waals surface area contributed by atoms with Gasteiger partial charge in [0.1, 0.15) is 5.75 Å². The van der Waals surface area contributed by atoms with Crippen LogP contribution in [0.5, 0.6) is 17.2 Å². The van der Waals surface area contributed by atoms with E-state index in [1.807, 2.05) is 0 Å². The Morgan fingerprint density at radius 1 is 1.04 bits per heavy atom. The van der Waals surface area contributed by atoms with E-state index in [1.165, 1.54) is 32.8 Å². The average Bonchev–Trinajstić information content (AvgIpc) is 2.60. The van der Waals surface area contributed by atoms with E-state index < -0.39 is 0 Å². The van der Waals surface area contributed by atoms with Crippen molar-refractivity contribution in [3.8, 4) is 17.2 Å². The Bertz CT molecular complexity index is 736. The van der Waals surface area contributed by atoms with Crippen LogP contribution in [-0.4, -0.2) is 23.9 Å². The predicted molar refractivity (Wildman–Crippen MR) is 96.4 cm³/mol. The van der Waals surface area contributed by atoms with Crippen LogP contribution in [0.25, 0.3) is 10.9 Å². The van der Waals surface area contributed by atoms with Gasteiger partial charge < -0.3 is 19.1 Å². The van der Waals surface area contributed by atoms with Gasteiger partial charge in [-0.25, -0.2) is 0 Å². The van der Waals surface area contributed by atoms with Gasteiger partial charge in [-0.3, -0.25) is 4.79 Å². The summed E-state index contributed by atoms with van der Waals surface area (Å²) in [7, 11) is 2.99. The van der Waals surface area contributed by atoms with Gasteiger partial charge in [-0.05, 0) is 18.6 Å². The Hall–Kier alpha value is -2.17. The van der Waals surface area contributed by atoms with Crippen LogP contribution in [0.4, 0.5) is 0 Å². The van der Waals surface area contributed by atoms with E-state index in [0.29, 0.717) is 23.2 Å². The number of aryl methyl sites for hydroxylation is 1. The van der Waals surface area contributed by atoms with E-state index in [4.69, 9.17) is 9.47 Å². The van der Waals surface area contributed by atoms with Gasteiger partial charge >= 0.3 is 0 Å². The second-order valence-corrected chi connectivity index (χ2v) is 5.99. The Morgan fingerprint density at radius 2 is 1.75 bits per heavy atom. The molecule has 24 heavy (non-hydrogen) atoms. The summed E-state index contributed by atoms with van der Waals surface area (Å²) in [6.45, 7) is 2.80. The Labute approximate surface area is 142 Å². The minimum Gasteiger partial charge on any atom is -0.504 e. The van der Waals surface area contributed by atoms with Crippen LogP contribution >= 0.6 is 0 Å². The standard InChI is InChI=1S/C19H27NO4/c1-4-5-6-7-8-9-12-20-16-13-14(23-2)10-11-15(16)17(21)18(24-3)19(20)22/h10-11,13,21H,4-9,12H2,1-3H3. The SMILES string of the molecule is CCCCCCCCn1c(=O)c(OC)c(O)c2ccc(OC)cc21. The summed E-state index contributed by atoms with van der Waals surface area (Å²) >= 11 is 0. The number of hydrogen-bond donors (Lipinski definition) is 1. The van der Waals surface area contributed by atoms with E-state index in [1.54, 1.807) is 29.9 Å². The van der Waals surface area contributed by atoms with Crippen LogP contribution in [0.3, 0.4) is 0 Å². The summed E-state index contributed by atoms with van der Waals surface area (Å²) in [5.41, 5.74) is 0.371. The first-order chi connectivity index (χ1) is 11.6. The fourth-order valence-corrected chi connectivity index (χ4v) is 2.97.